The molecule has 254 valence electrons. The lowest BCUT2D eigenvalue weighted by Crippen LogP contribution is -2.63. The molecule has 0 atom stereocenters. The van der Waals surface area contributed by atoms with E-state index in [9.17, 15) is 57.3 Å². The van der Waals surface area contributed by atoms with E-state index in [4.69, 9.17) is 0 Å². The molecule has 3 aromatic carbocycles. The number of hydrogen-bond acceptors (Lipinski definition) is 6. The number of Topliss-reactive ketones (excluding diaryl/α,β-unsaturated/α-hetero) is 1. The summed E-state index contributed by atoms with van der Waals surface area (Å²) in [6.45, 7) is 5.86. The molecular formula is C30H23F9O4S4. The maximum atomic E-state index is 12.2. The number of benzene rings is 3. The van der Waals surface area contributed by atoms with E-state index in [0.29, 0.717) is 0 Å². The van der Waals surface area contributed by atoms with Crippen molar-refractivity contribution in [1.82, 2.24) is 0 Å². The number of carbonyl (C=O) groups is 1. The third kappa shape index (κ3) is 8.54. The molecule has 0 radical (unpaired) electrons. The minimum Gasteiger partial charge on any atom is -0.743 e. The summed E-state index contributed by atoms with van der Waals surface area (Å²) in [5.41, 5.74) is 3.32. The van der Waals surface area contributed by atoms with Crippen LogP contribution in [0.25, 0.3) is 0 Å². The molecule has 0 N–H and O–H groups in total. The van der Waals surface area contributed by atoms with Crippen LogP contribution in [0.2, 0.25) is 0 Å². The number of aryl methyl sites for hydroxylation is 2. The number of thiophene rings is 1. The van der Waals surface area contributed by atoms with Crippen molar-refractivity contribution >= 4 is 49.9 Å². The van der Waals surface area contributed by atoms with E-state index in [0.717, 1.165) is 10.5 Å². The maximum absolute atomic E-state index is 12.2. The van der Waals surface area contributed by atoms with Gasteiger partial charge in [0.2, 0.25) is 4.21 Å². The number of rotatable bonds is 9. The zero-order chi connectivity index (χ0) is 35.6. The molecule has 0 unspecified atom stereocenters. The van der Waals surface area contributed by atoms with E-state index in [2.05, 4.69) is 74.5 Å². The Morgan fingerprint density at radius 3 is 1.53 bits per heavy atom. The molecule has 0 bridgehead atoms. The fourth-order valence-corrected chi connectivity index (χ4v) is 8.95. The van der Waals surface area contributed by atoms with Gasteiger partial charge in [0.25, 0.3) is 0 Å². The van der Waals surface area contributed by atoms with Gasteiger partial charge in [-0.2, -0.15) is 39.5 Å². The van der Waals surface area contributed by atoms with Gasteiger partial charge in [0.05, 0.1) is 4.21 Å². The van der Waals surface area contributed by atoms with Crippen molar-refractivity contribution < 1.29 is 57.3 Å². The van der Waals surface area contributed by atoms with Gasteiger partial charge in [-0.05, 0) is 63.2 Å². The largest absolute Gasteiger partial charge is 0.743 e. The van der Waals surface area contributed by atoms with Crippen molar-refractivity contribution in [3.8, 4) is 0 Å². The third-order valence-corrected chi connectivity index (χ3v) is 11.9. The van der Waals surface area contributed by atoms with Crippen LogP contribution in [-0.2, 0) is 21.0 Å². The van der Waals surface area contributed by atoms with Crippen molar-refractivity contribution in [2.24, 2.45) is 0 Å². The smallest absolute Gasteiger partial charge is 0.460 e. The number of alkyl halides is 9. The molecule has 4 nitrogen and oxygen atoms in total. The minimum absolute atomic E-state index is 0.102. The van der Waals surface area contributed by atoms with Gasteiger partial charge in [-0.15, -0.1) is 0 Å². The van der Waals surface area contributed by atoms with Crippen molar-refractivity contribution in [1.29, 1.82) is 0 Å². The van der Waals surface area contributed by atoms with Crippen LogP contribution in [0.3, 0.4) is 0 Å². The highest BCUT2D eigenvalue weighted by molar-refractivity contribution is 8.02. The minimum atomic E-state index is -7.43. The molecule has 0 aliphatic carbocycles. The van der Waals surface area contributed by atoms with E-state index >= 15 is 0 Å². The van der Waals surface area contributed by atoms with Crippen LogP contribution < -0.4 is 0 Å². The topological polar surface area (TPSA) is 74.3 Å². The Hall–Kier alpha value is -2.99. The van der Waals surface area contributed by atoms with Gasteiger partial charge in [0.15, 0.2) is 25.7 Å². The summed E-state index contributed by atoms with van der Waals surface area (Å²) in [6, 6.07) is 30.2. The molecular weight excluding hydrogens is 724 g/mol. The van der Waals surface area contributed by atoms with Gasteiger partial charge < -0.3 is 4.55 Å². The van der Waals surface area contributed by atoms with Gasteiger partial charge in [0.1, 0.15) is 10.9 Å². The molecule has 0 saturated carbocycles. The number of carbonyl (C=O) groups excluding carboxylic acids is 1. The molecule has 0 spiro atoms. The lowest BCUT2D eigenvalue weighted by molar-refractivity contribution is -0.382. The number of hydrogen-bond donors (Lipinski definition) is 0. The molecule has 0 saturated heterocycles. The molecule has 1 aromatic heterocycles. The Morgan fingerprint density at radius 2 is 1.15 bits per heavy atom. The Bertz CT molecular complexity index is 1740. The Balaban J connectivity index is 0.000000303. The summed E-state index contributed by atoms with van der Waals surface area (Å²) in [7, 11) is -7.53. The Morgan fingerprint density at radius 1 is 0.702 bits per heavy atom. The molecule has 0 aliphatic rings. The van der Waals surface area contributed by atoms with Crippen LogP contribution in [0, 0.1) is 13.8 Å². The van der Waals surface area contributed by atoms with Crippen LogP contribution in [0.1, 0.15) is 28.4 Å². The van der Waals surface area contributed by atoms with Crippen molar-refractivity contribution in [2.75, 3.05) is 0 Å². The zero-order valence-corrected chi connectivity index (χ0v) is 27.5. The second kappa shape index (κ2) is 14.2. The summed E-state index contributed by atoms with van der Waals surface area (Å²) in [5.74, 6) is -14.7. The molecule has 0 amide bonds. The van der Waals surface area contributed by atoms with E-state index in [1.54, 1.807) is 18.7 Å². The van der Waals surface area contributed by atoms with Crippen LogP contribution in [0.5, 0.6) is 0 Å². The summed E-state index contributed by atoms with van der Waals surface area (Å²) in [4.78, 5) is 15.3. The standard InChI is InChI=1S/C26H23OS3.C4HF9O3S/c1-18-4-12-23(13-5-18)30(24-14-6-19(2)7-15-24)26-17-16-25(29-26)28-22-10-8-21(9-11-22)20(3)27;5-1(6,3(9,10)11)2(7,8)4(12,13)17(14,15)16/h4-17H,1-3H3;(H,14,15,16)/q+1;/p-1. The molecule has 0 fully saturated rings. The monoisotopic (exact) mass is 746 g/mol. The predicted molar refractivity (Wildman–Crippen MR) is 160 cm³/mol. The van der Waals surface area contributed by atoms with E-state index < -0.39 is 33.4 Å². The molecule has 0 aliphatic heterocycles. The molecule has 1 heterocycles. The summed E-state index contributed by atoms with van der Waals surface area (Å²) in [6.07, 6.45) is -7.16. The first kappa shape index (κ1) is 38.5. The average molecular weight is 747 g/mol. The van der Waals surface area contributed by atoms with Gasteiger partial charge in [0, 0.05) is 16.5 Å². The molecule has 17 heteroatoms. The average Bonchev–Trinajstić information content (AvgIpc) is 3.42. The lowest BCUT2D eigenvalue weighted by atomic mass is 10.1. The summed E-state index contributed by atoms with van der Waals surface area (Å²) >= 11 is 3.61. The van der Waals surface area contributed by atoms with Crippen molar-refractivity contribution in [3.63, 3.8) is 0 Å². The second-order valence-corrected chi connectivity index (χ2v) is 15.9. The van der Waals surface area contributed by atoms with Crippen LogP contribution >= 0.6 is 23.1 Å². The van der Waals surface area contributed by atoms with Crippen LogP contribution in [0.15, 0.2) is 108 Å². The highest BCUT2D eigenvalue weighted by Crippen LogP contribution is 2.54. The Labute approximate surface area is 275 Å². The Kier molecular flexibility index (Phi) is 11.7. The normalized spacial score (nSPS) is 12.9. The number of ketones is 1. The highest BCUT2D eigenvalue weighted by atomic mass is 32.2. The fraction of sp³-hybridized carbons (Fsp3) is 0.233. The molecule has 4 aromatic rings. The maximum Gasteiger partial charge on any atom is 0.460 e. The van der Waals surface area contributed by atoms with Crippen LogP contribution in [-0.4, -0.2) is 42.0 Å². The van der Waals surface area contributed by atoms with Gasteiger partial charge in [-0.3, -0.25) is 4.79 Å². The lowest BCUT2D eigenvalue weighted by Gasteiger charge is -2.34. The molecule has 4 rings (SSSR count). The third-order valence-electron chi connectivity index (χ3n) is 6.18. The quantitative estimate of drug-likeness (QED) is 0.0738. The highest BCUT2D eigenvalue weighted by Gasteiger charge is 2.83. The zero-order valence-electron chi connectivity index (χ0n) is 24.3. The summed E-state index contributed by atoms with van der Waals surface area (Å²) in [5, 5.41) is -7.11. The molecule has 47 heavy (non-hydrogen) atoms. The van der Waals surface area contributed by atoms with Gasteiger partial charge in [-0.25, -0.2) is 8.42 Å². The first-order valence-electron chi connectivity index (χ1n) is 12.9. The SMILES string of the molecule is CC(=O)c1ccc(Sc2ccc([S+](c3ccc(C)cc3)c3ccc(C)cc3)s2)cc1.O=S(=O)([O-])C(F)(F)C(F)(F)C(F)(F)C(F)(F)F. The van der Waals surface area contributed by atoms with Crippen molar-refractivity contribution in [2.45, 2.75) is 67.2 Å². The summed E-state index contributed by atoms with van der Waals surface area (Å²) < 4.78 is 138. The number of halogens is 9. The first-order valence-corrected chi connectivity index (χ1v) is 17.2. The van der Waals surface area contributed by atoms with E-state index in [1.165, 1.54) is 29.3 Å². The van der Waals surface area contributed by atoms with E-state index in [1.807, 2.05) is 35.6 Å². The van der Waals surface area contributed by atoms with Crippen LogP contribution in [0.4, 0.5) is 39.5 Å². The van der Waals surface area contributed by atoms with Crippen molar-refractivity contribution in [3.05, 3.63) is 102 Å². The first-order chi connectivity index (χ1) is 21.5. The van der Waals surface area contributed by atoms with Gasteiger partial charge in [-0.1, -0.05) is 70.6 Å². The second-order valence-electron chi connectivity index (χ2n) is 9.81. The fourth-order valence-electron chi connectivity index (χ4n) is 3.58. The predicted octanol–water partition coefficient (Wildman–Crippen LogP) is 9.77. The van der Waals surface area contributed by atoms with E-state index in [-0.39, 0.29) is 16.7 Å². The van der Waals surface area contributed by atoms with Gasteiger partial charge >= 0.3 is 23.3 Å².